The van der Waals surface area contributed by atoms with E-state index in [0.717, 1.165) is 50.9 Å². The SMILES string of the molecule is CCCCC/C=C\C/C=C\C/C=C\C=C\[C@H](O)CCCC(=O)O[C@H](COC(=O)CCCCCCCCC(C)CC)COP(=O)(O)OC[C@@H](O)COP(=O)(O)O. The van der Waals surface area contributed by atoms with Gasteiger partial charge in [0.15, 0.2) is 6.10 Å². The Kier molecular flexibility index (Phi) is 32.9. The fraction of sp³-hybridized carbons (Fsp3) is 0.744. The highest BCUT2D eigenvalue weighted by molar-refractivity contribution is 7.47. The number of rotatable bonds is 36. The Labute approximate surface area is 329 Å². The lowest BCUT2D eigenvalue weighted by Gasteiger charge is -2.20. The smallest absolute Gasteiger partial charge is 0.462 e. The van der Waals surface area contributed by atoms with E-state index in [1.165, 1.54) is 38.5 Å². The number of ether oxygens (including phenoxy) is 2. The van der Waals surface area contributed by atoms with Crippen molar-refractivity contribution in [1.82, 2.24) is 0 Å². The molecule has 0 saturated heterocycles. The van der Waals surface area contributed by atoms with E-state index < -0.39 is 72.3 Å². The van der Waals surface area contributed by atoms with Gasteiger partial charge in [-0.15, -0.1) is 0 Å². The van der Waals surface area contributed by atoms with Crippen LogP contribution in [0.3, 0.4) is 0 Å². The molecule has 0 aliphatic rings. The van der Waals surface area contributed by atoms with Crippen LogP contribution >= 0.6 is 15.6 Å². The normalized spacial score (nSPS) is 15.9. The molecule has 16 heteroatoms. The van der Waals surface area contributed by atoms with Crippen molar-refractivity contribution in [1.29, 1.82) is 0 Å². The van der Waals surface area contributed by atoms with Gasteiger partial charge in [-0.1, -0.05) is 127 Å². The molecule has 0 aromatic heterocycles. The second-order valence-electron chi connectivity index (χ2n) is 13.7. The molecule has 0 fully saturated rings. The fourth-order valence-corrected chi connectivity index (χ4v) is 6.05. The highest BCUT2D eigenvalue weighted by Crippen LogP contribution is 2.43. The monoisotopic (exact) mass is 824 g/mol. The first-order valence-electron chi connectivity index (χ1n) is 19.8. The molecule has 0 spiro atoms. The minimum Gasteiger partial charge on any atom is -0.462 e. The van der Waals surface area contributed by atoms with Crippen LogP contribution in [0.4, 0.5) is 0 Å². The van der Waals surface area contributed by atoms with Crippen molar-refractivity contribution >= 4 is 27.6 Å². The highest BCUT2D eigenvalue weighted by Gasteiger charge is 2.28. The molecule has 0 aliphatic carbocycles. The molecule has 5 atom stereocenters. The summed E-state index contributed by atoms with van der Waals surface area (Å²) in [6, 6.07) is 0. The lowest BCUT2D eigenvalue weighted by atomic mass is 10.00. The molecule has 14 nitrogen and oxygen atoms in total. The molecular formula is C39H70O14P2. The molecule has 0 aromatic rings. The maximum absolute atomic E-state index is 12.6. The van der Waals surface area contributed by atoms with E-state index in [9.17, 15) is 33.8 Å². The predicted octanol–water partition coefficient (Wildman–Crippen LogP) is 8.33. The van der Waals surface area contributed by atoms with E-state index >= 15 is 0 Å². The number of allylic oxidation sites excluding steroid dienone is 7. The molecule has 0 saturated carbocycles. The summed E-state index contributed by atoms with van der Waals surface area (Å²) in [5.41, 5.74) is 0. The Morgan fingerprint density at radius 3 is 1.96 bits per heavy atom. The van der Waals surface area contributed by atoms with Gasteiger partial charge in [-0.05, 0) is 50.9 Å². The summed E-state index contributed by atoms with van der Waals surface area (Å²) >= 11 is 0. The topological polar surface area (TPSA) is 216 Å². The summed E-state index contributed by atoms with van der Waals surface area (Å²) in [4.78, 5) is 52.5. The van der Waals surface area contributed by atoms with Gasteiger partial charge in [0.05, 0.1) is 25.9 Å². The number of hydrogen-bond donors (Lipinski definition) is 5. The second kappa shape index (κ2) is 34.1. The zero-order valence-corrected chi connectivity index (χ0v) is 35.1. The average molecular weight is 825 g/mol. The van der Waals surface area contributed by atoms with Crippen molar-refractivity contribution in [3.05, 3.63) is 48.6 Å². The summed E-state index contributed by atoms with van der Waals surface area (Å²) in [7, 11) is -9.74. The maximum Gasteiger partial charge on any atom is 0.472 e. The second-order valence-corrected chi connectivity index (χ2v) is 16.3. The first-order chi connectivity index (χ1) is 26.2. The molecule has 5 N–H and O–H groups in total. The van der Waals surface area contributed by atoms with Crippen LogP contribution in [0.15, 0.2) is 48.6 Å². The quantitative estimate of drug-likeness (QED) is 0.0132. The van der Waals surface area contributed by atoms with Gasteiger partial charge >= 0.3 is 27.6 Å². The summed E-state index contributed by atoms with van der Waals surface area (Å²) in [6.45, 7) is 3.72. The van der Waals surface area contributed by atoms with Crippen molar-refractivity contribution < 1.29 is 66.7 Å². The van der Waals surface area contributed by atoms with Crippen LogP contribution in [0.25, 0.3) is 0 Å². The average Bonchev–Trinajstić information content (AvgIpc) is 3.13. The number of aliphatic hydroxyl groups excluding tert-OH is 2. The first kappa shape index (κ1) is 53.0. The third-order valence-corrected chi connectivity index (χ3v) is 9.79. The lowest BCUT2D eigenvalue weighted by Crippen LogP contribution is -2.30. The van der Waals surface area contributed by atoms with Gasteiger partial charge in [0, 0.05) is 12.8 Å². The van der Waals surface area contributed by atoms with Gasteiger partial charge < -0.3 is 34.4 Å². The van der Waals surface area contributed by atoms with Crippen molar-refractivity contribution in [2.75, 3.05) is 26.4 Å². The van der Waals surface area contributed by atoms with E-state index in [0.29, 0.717) is 6.42 Å². The highest BCUT2D eigenvalue weighted by atomic mass is 31.2. The van der Waals surface area contributed by atoms with Gasteiger partial charge in [0.1, 0.15) is 12.7 Å². The van der Waals surface area contributed by atoms with E-state index in [-0.39, 0.29) is 25.7 Å². The van der Waals surface area contributed by atoms with E-state index in [4.69, 9.17) is 23.8 Å². The van der Waals surface area contributed by atoms with Crippen LogP contribution in [0.5, 0.6) is 0 Å². The number of unbranched alkanes of at least 4 members (excludes halogenated alkanes) is 8. The summed E-state index contributed by atoms with van der Waals surface area (Å²) in [5, 5.41) is 20.0. The molecule has 0 aliphatic heterocycles. The van der Waals surface area contributed by atoms with Crippen LogP contribution in [0.2, 0.25) is 0 Å². The van der Waals surface area contributed by atoms with Crippen molar-refractivity contribution in [3.8, 4) is 0 Å². The number of aliphatic hydroxyl groups is 2. The molecule has 0 amide bonds. The molecule has 0 aromatic carbocycles. The minimum atomic E-state index is -4.88. The molecule has 320 valence electrons. The zero-order chi connectivity index (χ0) is 41.2. The van der Waals surface area contributed by atoms with Crippen LogP contribution in [0.1, 0.15) is 136 Å². The van der Waals surface area contributed by atoms with Gasteiger partial charge in [-0.2, -0.15) is 0 Å². The zero-order valence-electron chi connectivity index (χ0n) is 33.3. The maximum atomic E-state index is 12.6. The third-order valence-electron chi connectivity index (χ3n) is 8.36. The van der Waals surface area contributed by atoms with Crippen molar-refractivity contribution in [2.24, 2.45) is 5.92 Å². The minimum absolute atomic E-state index is 0.0978. The molecule has 0 rings (SSSR count). The standard InChI is InChI=1S/C39H70O14P2/c1-4-6-7-8-9-10-11-12-13-14-15-19-22-26-35(40)27-24-29-39(43)53-37(33-52-55(47,48)51-31-36(41)30-50-54(44,45)46)32-49-38(42)28-23-20-17-16-18-21-25-34(3)5-2/h9-10,12-13,15,19,22,26,34-37,40-41H,4-8,11,14,16-18,20-21,23-25,27-33H2,1-3H3,(H,47,48)(H2,44,45,46)/b10-9-,13-12-,19-15-,26-22+/t34?,35-,36-,37+/m0/s1. The molecule has 2 unspecified atom stereocenters. The summed E-state index contributed by atoms with van der Waals surface area (Å²) in [6.07, 6.45) is 27.4. The number of hydrogen-bond acceptors (Lipinski definition) is 11. The van der Waals surface area contributed by atoms with E-state index in [1.807, 2.05) is 12.2 Å². The molecular weight excluding hydrogens is 754 g/mol. The van der Waals surface area contributed by atoms with E-state index in [2.05, 4.69) is 54.1 Å². The first-order valence-corrected chi connectivity index (χ1v) is 22.9. The molecule has 0 radical (unpaired) electrons. The number of phosphoric acid groups is 2. The van der Waals surface area contributed by atoms with Gasteiger partial charge in [-0.3, -0.25) is 23.2 Å². The van der Waals surface area contributed by atoms with Gasteiger partial charge in [0.2, 0.25) is 0 Å². The van der Waals surface area contributed by atoms with Crippen molar-refractivity contribution in [3.63, 3.8) is 0 Å². The van der Waals surface area contributed by atoms with Crippen LogP contribution in [-0.4, -0.2) is 81.6 Å². The van der Waals surface area contributed by atoms with Gasteiger partial charge in [-0.25, -0.2) is 9.13 Å². The molecule has 0 heterocycles. The number of phosphoric ester groups is 2. The molecule has 55 heavy (non-hydrogen) atoms. The van der Waals surface area contributed by atoms with Gasteiger partial charge in [0.25, 0.3) is 0 Å². The molecule has 0 bridgehead atoms. The number of esters is 2. The Hall–Kier alpha value is -1.96. The predicted molar refractivity (Wildman–Crippen MR) is 213 cm³/mol. The van der Waals surface area contributed by atoms with E-state index in [1.54, 1.807) is 12.2 Å². The summed E-state index contributed by atoms with van der Waals surface area (Å²) in [5.74, 6) is -0.505. The Morgan fingerprint density at radius 1 is 0.655 bits per heavy atom. The van der Waals surface area contributed by atoms with Crippen molar-refractivity contribution in [2.45, 2.75) is 155 Å². The largest absolute Gasteiger partial charge is 0.472 e. The number of carbonyl (C=O) groups is 2. The summed E-state index contributed by atoms with van der Waals surface area (Å²) < 4.78 is 47.4. The third kappa shape index (κ3) is 37.4. The Morgan fingerprint density at radius 2 is 1.27 bits per heavy atom. The van der Waals surface area contributed by atoms with Crippen LogP contribution in [-0.2, 0) is 41.8 Å². The Balaban J connectivity index is 4.79. The number of carbonyl (C=O) groups excluding carboxylic acids is 2. The van der Waals surface area contributed by atoms with Crippen LogP contribution in [0, 0.1) is 5.92 Å². The Bertz CT molecular complexity index is 1200. The lowest BCUT2D eigenvalue weighted by molar-refractivity contribution is -0.161. The van der Waals surface area contributed by atoms with Crippen LogP contribution < -0.4 is 0 Å². The fourth-order valence-electron chi connectivity index (χ4n) is 4.90.